The highest BCUT2D eigenvalue weighted by atomic mass is 16.7. The van der Waals surface area contributed by atoms with E-state index in [2.05, 4.69) is 0 Å². The van der Waals surface area contributed by atoms with Crippen LogP contribution in [0.3, 0.4) is 0 Å². The zero-order valence-electron chi connectivity index (χ0n) is 13.0. The van der Waals surface area contributed by atoms with Crippen molar-refractivity contribution in [3.63, 3.8) is 0 Å². The van der Waals surface area contributed by atoms with Gasteiger partial charge in [0.25, 0.3) is 0 Å². The van der Waals surface area contributed by atoms with E-state index in [9.17, 15) is 4.79 Å². The van der Waals surface area contributed by atoms with Crippen LogP contribution in [0.4, 0.5) is 0 Å². The largest absolute Gasteiger partial charge is 0.493 e. The van der Waals surface area contributed by atoms with E-state index in [0.717, 1.165) is 0 Å². The first-order valence-electron chi connectivity index (χ1n) is 7.00. The summed E-state index contributed by atoms with van der Waals surface area (Å²) in [6.45, 7) is 4.27. The van der Waals surface area contributed by atoms with Crippen molar-refractivity contribution in [2.45, 2.75) is 38.6 Å². The standard InChI is InChI=1S/C16H22O5/c1-16(2)10-13(17)12-6-5-11(9-14(12)21-16)20-8-7-15(18-3)19-4/h5-6,9,15H,7-8,10H2,1-4H3. The molecule has 0 fully saturated rings. The molecule has 21 heavy (non-hydrogen) atoms. The molecule has 1 heterocycles. The van der Waals surface area contributed by atoms with E-state index >= 15 is 0 Å². The summed E-state index contributed by atoms with van der Waals surface area (Å²) < 4.78 is 21.7. The predicted molar refractivity (Wildman–Crippen MR) is 78.0 cm³/mol. The summed E-state index contributed by atoms with van der Waals surface area (Å²) in [6.07, 6.45) is 0.734. The van der Waals surface area contributed by atoms with Gasteiger partial charge in [-0.15, -0.1) is 0 Å². The van der Waals surface area contributed by atoms with Crippen LogP contribution in [-0.2, 0) is 9.47 Å². The molecule has 5 heteroatoms. The van der Waals surface area contributed by atoms with Crippen molar-refractivity contribution in [1.82, 2.24) is 0 Å². The van der Waals surface area contributed by atoms with Gasteiger partial charge in [-0.3, -0.25) is 4.79 Å². The molecule has 0 spiro atoms. The summed E-state index contributed by atoms with van der Waals surface area (Å²) in [5.41, 5.74) is 0.147. The van der Waals surface area contributed by atoms with Crippen molar-refractivity contribution >= 4 is 5.78 Å². The topological polar surface area (TPSA) is 54.0 Å². The molecule has 1 aliphatic rings. The average Bonchev–Trinajstić information content (AvgIpc) is 2.42. The van der Waals surface area contributed by atoms with Gasteiger partial charge < -0.3 is 18.9 Å². The second kappa shape index (κ2) is 6.45. The SMILES string of the molecule is COC(CCOc1ccc2c(c1)OC(C)(C)CC2=O)OC. The molecular weight excluding hydrogens is 272 g/mol. The summed E-state index contributed by atoms with van der Waals surface area (Å²) in [7, 11) is 3.18. The van der Waals surface area contributed by atoms with Crippen LogP contribution in [0.25, 0.3) is 0 Å². The smallest absolute Gasteiger partial charge is 0.170 e. The first-order chi connectivity index (χ1) is 9.95. The van der Waals surface area contributed by atoms with E-state index in [0.29, 0.717) is 36.5 Å². The summed E-state index contributed by atoms with van der Waals surface area (Å²) in [6, 6.07) is 5.31. The van der Waals surface area contributed by atoms with Crippen molar-refractivity contribution in [3.05, 3.63) is 23.8 Å². The molecule has 116 valence electrons. The van der Waals surface area contributed by atoms with Crippen LogP contribution in [0.2, 0.25) is 0 Å². The Balaban J connectivity index is 2.02. The first kappa shape index (κ1) is 15.8. The van der Waals surface area contributed by atoms with Gasteiger partial charge in [-0.1, -0.05) is 0 Å². The molecule has 0 amide bonds. The molecule has 1 aromatic carbocycles. The van der Waals surface area contributed by atoms with E-state index < -0.39 is 5.60 Å². The Bertz CT molecular complexity index is 505. The molecule has 1 aliphatic heterocycles. The quantitative estimate of drug-likeness (QED) is 0.755. The van der Waals surface area contributed by atoms with Crippen LogP contribution < -0.4 is 9.47 Å². The molecule has 5 nitrogen and oxygen atoms in total. The number of rotatable bonds is 6. The lowest BCUT2D eigenvalue weighted by Gasteiger charge is -2.31. The minimum absolute atomic E-state index is 0.103. The monoisotopic (exact) mass is 294 g/mol. The van der Waals surface area contributed by atoms with Gasteiger partial charge in [-0.25, -0.2) is 0 Å². The number of carbonyl (C=O) groups is 1. The Morgan fingerprint density at radius 3 is 2.67 bits per heavy atom. The molecule has 2 rings (SSSR count). The van der Waals surface area contributed by atoms with Crippen molar-refractivity contribution in [2.24, 2.45) is 0 Å². The fourth-order valence-corrected chi connectivity index (χ4v) is 2.33. The Morgan fingerprint density at radius 1 is 1.29 bits per heavy atom. The minimum Gasteiger partial charge on any atom is -0.493 e. The van der Waals surface area contributed by atoms with Crippen molar-refractivity contribution < 1.29 is 23.7 Å². The summed E-state index contributed by atoms with van der Waals surface area (Å²) in [5, 5.41) is 0. The normalized spacial score (nSPS) is 16.5. The molecule has 0 bridgehead atoms. The van der Waals surface area contributed by atoms with Crippen LogP contribution >= 0.6 is 0 Å². The maximum Gasteiger partial charge on any atom is 0.170 e. The van der Waals surface area contributed by atoms with Gasteiger partial charge in [0.15, 0.2) is 12.1 Å². The van der Waals surface area contributed by atoms with Gasteiger partial charge in [0.05, 0.1) is 18.6 Å². The van der Waals surface area contributed by atoms with Gasteiger partial charge in [0.1, 0.15) is 17.1 Å². The number of fused-ring (bicyclic) bond motifs is 1. The third-order valence-electron chi connectivity index (χ3n) is 3.37. The molecule has 1 aromatic rings. The molecule has 0 N–H and O–H groups in total. The highest BCUT2D eigenvalue weighted by Gasteiger charge is 2.32. The van der Waals surface area contributed by atoms with Gasteiger partial charge >= 0.3 is 0 Å². The van der Waals surface area contributed by atoms with Crippen molar-refractivity contribution in [1.29, 1.82) is 0 Å². The minimum atomic E-state index is -0.472. The summed E-state index contributed by atoms with van der Waals surface area (Å²) >= 11 is 0. The van der Waals surface area contributed by atoms with Crippen LogP contribution in [0.15, 0.2) is 18.2 Å². The lowest BCUT2D eigenvalue weighted by atomic mass is 9.93. The summed E-state index contributed by atoms with van der Waals surface area (Å²) in [4.78, 5) is 12.0. The first-order valence-corrected chi connectivity index (χ1v) is 7.00. The zero-order valence-corrected chi connectivity index (χ0v) is 13.0. The number of methoxy groups -OCH3 is 2. The molecule has 0 aromatic heterocycles. The van der Waals surface area contributed by atoms with Gasteiger partial charge in [-0.05, 0) is 26.0 Å². The third kappa shape index (κ3) is 3.95. The summed E-state index contributed by atoms with van der Waals surface area (Å²) in [5.74, 6) is 1.36. The van der Waals surface area contributed by atoms with E-state index in [-0.39, 0.29) is 12.1 Å². The van der Waals surface area contributed by atoms with Gasteiger partial charge in [-0.2, -0.15) is 0 Å². The average molecular weight is 294 g/mol. The molecule has 0 saturated heterocycles. The van der Waals surface area contributed by atoms with E-state index in [1.165, 1.54) is 0 Å². The van der Waals surface area contributed by atoms with E-state index in [4.69, 9.17) is 18.9 Å². The molecule has 0 atom stereocenters. The number of ketones is 1. The fourth-order valence-electron chi connectivity index (χ4n) is 2.33. The zero-order chi connectivity index (χ0) is 15.5. The highest BCUT2D eigenvalue weighted by Crippen LogP contribution is 2.35. The number of ether oxygens (including phenoxy) is 4. The van der Waals surface area contributed by atoms with Crippen LogP contribution in [0.5, 0.6) is 11.5 Å². The van der Waals surface area contributed by atoms with E-state index in [1.54, 1.807) is 32.4 Å². The van der Waals surface area contributed by atoms with Crippen LogP contribution in [-0.4, -0.2) is 38.5 Å². The molecule has 0 saturated carbocycles. The molecular formula is C16H22O5. The molecule has 0 radical (unpaired) electrons. The highest BCUT2D eigenvalue weighted by molar-refractivity contribution is 6.00. The second-order valence-corrected chi connectivity index (χ2v) is 5.66. The maximum absolute atomic E-state index is 12.0. The van der Waals surface area contributed by atoms with Crippen LogP contribution in [0.1, 0.15) is 37.0 Å². The number of hydrogen-bond donors (Lipinski definition) is 0. The number of Topliss-reactive ketones (excluding diaryl/α,β-unsaturated/α-hetero) is 1. The maximum atomic E-state index is 12.0. The fraction of sp³-hybridized carbons (Fsp3) is 0.562. The van der Waals surface area contributed by atoms with Gasteiger partial charge in [0.2, 0.25) is 0 Å². The van der Waals surface area contributed by atoms with Gasteiger partial charge in [0, 0.05) is 26.7 Å². The molecule has 0 aliphatic carbocycles. The Kier molecular flexibility index (Phi) is 4.85. The Hall–Kier alpha value is -1.59. The number of benzene rings is 1. The van der Waals surface area contributed by atoms with E-state index in [1.807, 2.05) is 13.8 Å². The second-order valence-electron chi connectivity index (χ2n) is 5.66. The lowest BCUT2D eigenvalue weighted by molar-refractivity contribution is -0.110. The Labute approximate surface area is 125 Å². The van der Waals surface area contributed by atoms with Crippen LogP contribution in [0, 0.1) is 0 Å². The number of hydrogen-bond acceptors (Lipinski definition) is 5. The Morgan fingerprint density at radius 2 is 2.00 bits per heavy atom. The third-order valence-corrected chi connectivity index (χ3v) is 3.37. The van der Waals surface area contributed by atoms with Crippen molar-refractivity contribution in [3.8, 4) is 11.5 Å². The predicted octanol–water partition coefficient (Wildman–Crippen LogP) is 2.82. The number of carbonyl (C=O) groups excluding carboxylic acids is 1. The van der Waals surface area contributed by atoms with Crippen molar-refractivity contribution in [2.75, 3.05) is 20.8 Å². The lowest BCUT2D eigenvalue weighted by Crippen LogP contribution is -2.35. The molecule has 0 unspecified atom stereocenters.